The van der Waals surface area contributed by atoms with Gasteiger partial charge in [0.05, 0.1) is 0 Å². The first-order valence-electron chi connectivity index (χ1n) is 7.54. The zero-order chi connectivity index (χ0) is 14.8. The second kappa shape index (κ2) is 6.03. The van der Waals surface area contributed by atoms with Gasteiger partial charge in [-0.1, -0.05) is 53.6 Å². The summed E-state index contributed by atoms with van der Waals surface area (Å²) in [6.45, 7) is 4.78. The first-order chi connectivity index (χ1) is 9.49. The Morgan fingerprint density at radius 3 is 2.25 bits per heavy atom. The Hall–Kier alpha value is -0.600. The largest absolute Gasteiger partial charge is 0.333 e. The molecule has 3 rings (SSSR count). The number of hydrogen-bond donors (Lipinski definition) is 1. The van der Waals surface area contributed by atoms with Crippen LogP contribution in [0, 0.1) is 5.41 Å². The van der Waals surface area contributed by atoms with Gasteiger partial charge in [0.1, 0.15) is 0 Å². The van der Waals surface area contributed by atoms with Crippen molar-refractivity contribution in [3.63, 3.8) is 0 Å². The molecule has 0 heterocycles. The summed E-state index contributed by atoms with van der Waals surface area (Å²) in [5.41, 5.74) is 8.51. The average molecular weight is 336 g/mol. The van der Waals surface area contributed by atoms with E-state index in [9.17, 15) is 0 Å². The summed E-state index contributed by atoms with van der Waals surface area (Å²) in [6.07, 6.45) is 9.24. The van der Waals surface area contributed by atoms with E-state index in [0.717, 1.165) is 0 Å². The van der Waals surface area contributed by atoms with Gasteiger partial charge in [0.15, 0.2) is 0 Å². The third-order valence-corrected chi connectivity index (χ3v) is 4.96. The van der Waals surface area contributed by atoms with Crippen LogP contribution in [0.1, 0.15) is 51.5 Å². The Bertz CT molecular complexity index is 488. The minimum Gasteiger partial charge on any atom is -0.333 e. The standard InChI is InChI=1S/C17H21Br.CH5N/c1-16(2)11-17(12-16,10-13-5-3-6-13)14-7-4-8-15(18)9-14;1-2/h4,7-10H,3,5-6,11-12H2,1-2H3;2H2,1H3. The van der Waals surface area contributed by atoms with Crippen molar-refractivity contribution in [3.8, 4) is 0 Å². The summed E-state index contributed by atoms with van der Waals surface area (Å²) in [4.78, 5) is 0. The predicted octanol–water partition coefficient (Wildman–Crippen LogP) is 5.19. The van der Waals surface area contributed by atoms with Gasteiger partial charge in [-0.3, -0.25) is 0 Å². The molecule has 2 heteroatoms. The highest BCUT2D eigenvalue weighted by Gasteiger charge is 2.49. The van der Waals surface area contributed by atoms with Gasteiger partial charge >= 0.3 is 0 Å². The molecule has 0 amide bonds. The molecule has 0 saturated heterocycles. The van der Waals surface area contributed by atoms with Gasteiger partial charge in [0, 0.05) is 9.89 Å². The molecular formula is C18H26BrN. The first kappa shape index (κ1) is 15.8. The molecule has 0 aliphatic heterocycles. The highest BCUT2D eigenvalue weighted by atomic mass is 79.9. The summed E-state index contributed by atoms with van der Waals surface area (Å²) in [5.74, 6) is 0. The Balaban J connectivity index is 0.000000704. The molecule has 1 nitrogen and oxygen atoms in total. The van der Waals surface area contributed by atoms with E-state index in [1.54, 1.807) is 5.57 Å². The molecule has 0 atom stereocenters. The molecule has 1 aromatic rings. The second-order valence-corrected chi connectivity index (χ2v) is 7.76. The normalized spacial score (nSPS) is 21.9. The maximum atomic E-state index is 4.50. The Morgan fingerprint density at radius 2 is 1.80 bits per heavy atom. The monoisotopic (exact) mass is 335 g/mol. The molecule has 2 aliphatic carbocycles. The third kappa shape index (κ3) is 3.17. The molecule has 2 N–H and O–H groups in total. The van der Waals surface area contributed by atoms with Crippen molar-refractivity contribution in [2.45, 2.75) is 51.4 Å². The van der Waals surface area contributed by atoms with Gasteiger partial charge in [0.25, 0.3) is 0 Å². The van der Waals surface area contributed by atoms with E-state index in [1.807, 2.05) is 0 Å². The number of nitrogens with two attached hydrogens (primary N) is 1. The van der Waals surface area contributed by atoms with E-state index in [-0.39, 0.29) is 0 Å². The van der Waals surface area contributed by atoms with E-state index in [1.165, 1.54) is 49.2 Å². The summed E-state index contributed by atoms with van der Waals surface area (Å²) >= 11 is 3.61. The highest BCUT2D eigenvalue weighted by Crippen LogP contribution is 2.57. The minimum absolute atomic E-state index is 0.322. The van der Waals surface area contributed by atoms with Crippen molar-refractivity contribution in [2.24, 2.45) is 11.1 Å². The van der Waals surface area contributed by atoms with Crippen LogP contribution in [0.2, 0.25) is 0 Å². The topological polar surface area (TPSA) is 26.0 Å². The Morgan fingerprint density at radius 1 is 1.15 bits per heavy atom. The van der Waals surface area contributed by atoms with Crippen molar-refractivity contribution in [2.75, 3.05) is 7.05 Å². The van der Waals surface area contributed by atoms with Gasteiger partial charge in [-0.15, -0.1) is 0 Å². The van der Waals surface area contributed by atoms with E-state index >= 15 is 0 Å². The molecule has 0 unspecified atom stereocenters. The van der Waals surface area contributed by atoms with Gasteiger partial charge in [-0.25, -0.2) is 0 Å². The van der Waals surface area contributed by atoms with Crippen molar-refractivity contribution < 1.29 is 0 Å². The molecule has 1 aromatic carbocycles. The van der Waals surface area contributed by atoms with Crippen LogP contribution < -0.4 is 5.73 Å². The summed E-state index contributed by atoms with van der Waals surface area (Å²) < 4.78 is 1.20. The molecule has 110 valence electrons. The quantitative estimate of drug-likeness (QED) is 0.739. The molecule has 2 saturated carbocycles. The van der Waals surface area contributed by atoms with Crippen molar-refractivity contribution in [1.82, 2.24) is 0 Å². The summed E-state index contributed by atoms with van der Waals surface area (Å²) in [7, 11) is 1.50. The number of allylic oxidation sites excluding steroid dienone is 2. The summed E-state index contributed by atoms with van der Waals surface area (Å²) in [6, 6.07) is 8.91. The number of halogens is 1. The molecule has 20 heavy (non-hydrogen) atoms. The first-order valence-corrected chi connectivity index (χ1v) is 8.33. The molecule has 0 radical (unpaired) electrons. The fourth-order valence-electron chi connectivity index (χ4n) is 3.76. The van der Waals surface area contributed by atoms with Crippen LogP contribution in [0.4, 0.5) is 0 Å². The van der Waals surface area contributed by atoms with Crippen LogP contribution in [0.15, 0.2) is 40.4 Å². The van der Waals surface area contributed by atoms with E-state index in [4.69, 9.17) is 0 Å². The fraction of sp³-hybridized carbons (Fsp3) is 0.556. The lowest BCUT2D eigenvalue weighted by atomic mass is 9.51. The lowest BCUT2D eigenvalue weighted by Crippen LogP contribution is -2.45. The fourth-order valence-corrected chi connectivity index (χ4v) is 4.16. The molecular weight excluding hydrogens is 310 g/mol. The van der Waals surface area contributed by atoms with Gasteiger partial charge in [0.2, 0.25) is 0 Å². The van der Waals surface area contributed by atoms with Crippen molar-refractivity contribution >= 4 is 15.9 Å². The molecule has 2 aliphatic rings. The van der Waals surface area contributed by atoms with Crippen LogP contribution >= 0.6 is 15.9 Å². The van der Waals surface area contributed by atoms with Gasteiger partial charge < -0.3 is 5.73 Å². The summed E-state index contributed by atoms with van der Waals surface area (Å²) in [5, 5.41) is 0. The second-order valence-electron chi connectivity index (χ2n) is 6.84. The molecule has 0 bridgehead atoms. The van der Waals surface area contributed by atoms with Crippen LogP contribution in [0.5, 0.6) is 0 Å². The smallest absolute Gasteiger partial charge is 0.0178 e. The molecule has 0 aromatic heterocycles. The molecule has 0 spiro atoms. The van der Waals surface area contributed by atoms with Gasteiger partial charge in [-0.05, 0) is 62.3 Å². The third-order valence-electron chi connectivity index (χ3n) is 4.46. The lowest BCUT2D eigenvalue weighted by molar-refractivity contribution is 0.0928. The van der Waals surface area contributed by atoms with Gasteiger partial charge in [-0.2, -0.15) is 0 Å². The average Bonchev–Trinajstić information content (AvgIpc) is 2.33. The molecule has 2 fully saturated rings. The Kier molecular flexibility index (Phi) is 4.76. The number of rotatable bonds is 2. The van der Waals surface area contributed by atoms with Crippen LogP contribution in [0.25, 0.3) is 0 Å². The highest BCUT2D eigenvalue weighted by molar-refractivity contribution is 9.10. The maximum absolute atomic E-state index is 4.50. The van der Waals surface area contributed by atoms with Crippen LogP contribution in [-0.2, 0) is 5.41 Å². The lowest BCUT2D eigenvalue weighted by Gasteiger charge is -2.53. The van der Waals surface area contributed by atoms with Crippen LogP contribution in [-0.4, -0.2) is 7.05 Å². The van der Waals surface area contributed by atoms with E-state index in [0.29, 0.717) is 10.8 Å². The van der Waals surface area contributed by atoms with E-state index in [2.05, 4.69) is 65.9 Å². The number of benzene rings is 1. The zero-order valence-electron chi connectivity index (χ0n) is 12.9. The van der Waals surface area contributed by atoms with E-state index < -0.39 is 0 Å². The van der Waals surface area contributed by atoms with Crippen LogP contribution in [0.3, 0.4) is 0 Å². The predicted molar refractivity (Wildman–Crippen MR) is 90.9 cm³/mol. The minimum atomic E-state index is 0.322. The zero-order valence-corrected chi connectivity index (χ0v) is 14.5. The number of hydrogen-bond acceptors (Lipinski definition) is 1. The van der Waals surface area contributed by atoms with Crippen molar-refractivity contribution in [3.05, 3.63) is 46.0 Å². The maximum Gasteiger partial charge on any atom is 0.0178 e. The SMILES string of the molecule is CC1(C)CC(C=C2CCC2)(c2cccc(Br)c2)C1.CN. The Labute approximate surface area is 131 Å². The van der Waals surface area contributed by atoms with Crippen molar-refractivity contribution in [1.29, 1.82) is 0 Å².